The molecule has 0 radical (unpaired) electrons. The van der Waals surface area contributed by atoms with Gasteiger partial charge in [-0.05, 0) is 5.56 Å². The largest absolute Gasteiger partial charge is 0.395 e. The van der Waals surface area contributed by atoms with Crippen molar-refractivity contribution >= 4 is 17.7 Å². The minimum absolute atomic E-state index is 0.0426. The van der Waals surface area contributed by atoms with E-state index in [4.69, 9.17) is 10.2 Å². The van der Waals surface area contributed by atoms with E-state index >= 15 is 0 Å². The summed E-state index contributed by atoms with van der Waals surface area (Å²) in [6.45, 7) is 0.417. The summed E-state index contributed by atoms with van der Waals surface area (Å²) in [4.78, 5) is 13.3. The Labute approximate surface area is 112 Å². The number of aliphatic hydroxyl groups excluding tert-OH is 2. The molecular formula is C13H19NO3S. The van der Waals surface area contributed by atoms with Crippen LogP contribution in [0.4, 0.5) is 0 Å². The summed E-state index contributed by atoms with van der Waals surface area (Å²) in [6, 6.07) is 9.96. The van der Waals surface area contributed by atoms with E-state index in [0.29, 0.717) is 5.75 Å². The van der Waals surface area contributed by atoms with Crippen LogP contribution in [-0.2, 0) is 10.5 Å². The Morgan fingerprint density at radius 1 is 1.11 bits per heavy atom. The Morgan fingerprint density at radius 2 is 1.72 bits per heavy atom. The lowest BCUT2D eigenvalue weighted by atomic mass is 10.2. The number of rotatable bonds is 8. The number of carbonyl (C=O) groups excluding carboxylic acids is 1. The molecule has 0 saturated heterocycles. The van der Waals surface area contributed by atoms with Crippen LogP contribution in [-0.4, -0.2) is 53.1 Å². The van der Waals surface area contributed by atoms with Crippen molar-refractivity contribution in [2.75, 3.05) is 32.1 Å². The number of thioether (sulfide) groups is 1. The van der Waals surface area contributed by atoms with Gasteiger partial charge in [0.1, 0.15) is 0 Å². The van der Waals surface area contributed by atoms with Crippen LogP contribution >= 0.6 is 11.8 Å². The standard InChI is InChI=1S/C13H19NO3S/c15-8-6-14(7-9-16)13(17)11-18-10-12-4-2-1-3-5-12/h1-5,15-16H,6-11H2. The number of amides is 1. The fraction of sp³-hybridized carbons (Fsp3) is 0.462. The number of hydrogen-bond acceptors (Lipinski definition) is 4. The van der Waals surface area contributed by atoms with Crippen LogP contribution in [0, 0.1) is 0 Å². The molecule has 1 amide bonds. The first kappa shape index (κ1) is 15.0. The van der Waals surface area contributed by atoms with Gasteiger partial charge in [0.15, 0.2) is 0 Å². The van der Waals surface area contributed by atoms with Gasteiger partial charge in [0.25, 0.3) is 0 Å². The molecule has 0 atom stereocenters. The zero-order chi connectivity index (χ0) is 13.2. The minimum Gasteiger partial charge on any atom is -0.395 e. The van der Waals surface area contributed by atoms with E-state index in [9.17, 15) is 4.79 Å². The molecule has 0 bridgehead atoms. The SMILES string of the molecule is O=C(CSCc1ccccc1)N(CCO)CCO. The number of hydrogen-bond donors (Lipinski definition) is 2. The normalized spacial score (nSPS) is 10.3. The summed E-state index contributed by atoms with van der Waals surface area (Å²) in [5.41, 5.74) is 1.19. The first-order chi connectivity index (χ1) is 8.77. The molecule has 4 nitrogen and oxygen atoms in total. The van der Waals surface area contributed by atoms with E-state index in [1.165, 1.54) is 10.5 Å². The quantitative estimate of drug-likeness (QED) is 0.730. The zero-order valence-electron chi connectivity index (χ0n) is 10.3. The van der Waals surface area contributed by atoms with Crippen molar-refractivity contribution in [2.24, 2.45) is 0 Å². The Hall–Kier alpha value is -1.04. The van der Waals surface area contributed by atoms with Crippen LogP contribution in [0.3, 0.4) is 0 Å². The van der Waals surface area contributed by atoms with Crippen molar-refractivity contribution in [1.29, 1.82) is 0 Å². The second-order valence-corrected chi connectivity index (χ2v) is 4.79. The summed E-state index contributed by atoms with van der Waals surface area (Å²) < 4.78 is 0. The molecular weight excluding hydrogens is 250 g/mol. The van der Waals surface area contributed by atoms with Gasteiger partial charge in [-0.25, -0.2) is 0 Å². The van der Waals surface area contributed by atoms with Crippen molar-refractivity contribution in [2.45, 2.75) is 5.75 Å². The van der Waals surface area contributed by atoms with Crippen molar-refractivity contribution < 1.29 is 15.0 Å². The van der Waals surface area contributed by atoms with Crippen LogP contribution < -0.4 is 0 Å². The first-order valence-electron chi connectivity index (χ1n) is 5.89. The average molecular weight is 269 g/mol. The molecule has 0 fully saturated rings. The maximum atomic E-state index is 11.8. The predicted octanol–water partition coefficient (Wildman–Crippen LogP) is 0.733. The van der Waals surface area contributed by atoms with Gasteiger partial charge in [-0.15, -0.1) is 11.8 Å². The van der Waals surface area contributed by atoms with E-state index in [1.807, 2.05) is 30.3 Å². The highest BCUT2D eigenvalue weighted by Gasteiger charge is 2.11. The van der Waals surface area contributed by atoms with E-state index in [-0.39, 0.29) is 32.2 Å². The van der Waals surface area contributed by atoms with Crippen LogP contribution in [0.2, 0.25) is 0 Å². The van der Waals surface area contributed by atoms with Crippen LogP contribution in [0.5, 0.6) is 0 Å². The molecule has 0 unspecified atom stereocenters. The monoisotopic (exact) mass is 269 g/mol. The Morgan fingerprint density at radius 3 is 2.28 bits per heavy atom. The van der Waals surface area contributed by atoms with Crippen molar-refractivity contribution in [3.63, 3.8) is 0 Å². The molecule has 5 heteroatoms. The Kier molecular flexibility index (Phi) is 7.48. The lowest BCUT2D eigenvalue weighted by molar-refractivity contribution is -0.129. The fourth-order valence-corrected chi connectivity index (χ4v) is 2.41. The molecule has 0 aliphatic carbocycles. The molecule has 1 aromatic rings. The molecule has 1 rings (SSSR count). The van der Waals surface area contributed by atoms with Gasteiger partial charge in [0, 0.05) is 18.8 Å². The highest BCUT2D eigenvalue weighted by atomic mass is 32.2. The van der Waals surface area contributed by atoms with E-state index in [1.54, 1.807) is 11.8 Å². The minimum atomic E-state index is -0.0743. The smallest absolute Gasteiger partial charge is 0.232 e. The van der Waals surface area contributed by atoms with Crippen LogP contribution in [0.15, 0.2) is 30.3 Å². The molecule has 2 N–H and O–H groups in total. The van der Waals surface area contributed by atoms with Gasteiger partial charge in [-0.1, -0.05) is 30.3 Å². The fourth-order valence-electron chi connectivity index (χ4n) is 1.52. The zero-order valence-corrected chi connectivity index (χ0v) is 11.1. The van der Waals surface area contributed by atoms with Gasteiger partial charge in [-0.2, -0.15) is 0 Å². The summed E-state index contributed by atoms with van der Waals surface area (Å²) in [5.74, 6) is 1.12. The average Bonchev–Trinajstić information content (AvgIpc) is 2.39. The number of aliphatic hydroxyl groups is 2. The topological polar surface area (TPSA) is 60.8 Å². The predicted molar refractivity (Wildman–Crippen MR) is 73.4 cm³/mol. The van der Waals surface area contributed by atoms with Crippen molar-refractivity contribution in [1.82, 2.24) is 4.90 Å². The van der Waals surface area contributed by atoms with Crippen LogP contribution in [0.1, 0.15) is 5.56 Å². The van der Waals surface area contributed by atoms with Gasteiger partial charge >= 0.3 is 0 Å². The Bertz CT molecular complexity index is 339. The molecule has 0 saturated carbocycles. The lowest BCUT2D eigenvalue weighted by Crippen LogP contribution is -2.37. The third-order valence-electron chi connectivity index (χ3n) is 2.43. The molecule has 1 aromatic carbocycles. The summed E-state index contributed by atoms with van der Waals surface area (Å²) in [6.07, 6.45) is 0. The number of carbonyl (C=O) groups is 1. The lowest BCUT2D eigenvalue weighted by Gasteiger charge is -2.20. The highest BCUT2D eigenvalue weighted by Crippen LogP contribution is 2.12. The van der Waals surface area contributed by atoms with Gasteiger partial charge < -0.3 is 15.1 Å². The van der Waals surface area contributed by atoms with Gasteiger partial charge in [0.05, 0.1) is 19.0 Å². The third-order valence-corrected chi connectivity index (χ3v) is 3.42. The molecule has 100 valence electrons. The van der Waals surface area contributed by atoms with E-state index < -0.39 is 0 Å². The Balaban J connectivity index is 2.30. The van der Waals surface area contributed by atoms with Gasteiger partial charge in [-0.3, -0.25) is 4.79 Å². The molecule has 0 spiro atoms. The summed E-state index contributed by atoms with van der Waals surface area (Å²) in [5, 5.41) is 17.7. The first-order valence-corrected chi connectivity index (χ1v) is 7.04. The van der Waals surface area contributed by atoms with E-state index in [0.717, 1.165) is 5.75 Å². The molecule has 0 aliphatic rings. The molecule has 0 aliphatic heterocycles. The van der Waals surface area contributed by atoms with Crippen LogP contribution in [0.25, 0.3) is 0 Å². The molecule has 18 heavy (non-hydrogen) atoms. The number of nitrogens with zero attached hydrogens (tertiary/aromatic N) is 1. The molecule has 0 heterocycles. The molecule has 0 aromatic heterocycles. The second-order valence-electron chi connectivity index (χ2n) is 3.81. The van der Waals surface area contributed by atoms with Gasteiger partial charge in [0.2, 0.25) is 5.91 Å². The second kappa shape index (κ2) is 8.97. The maximum Gasteiger partial charge on any atom is 0.232 e. The maximum absolute atomic E-state index is 11.8. The highest BCUT2D eigenvalue weighted by molar-refractivity contribution is 7.99. The summed E-state index contributed by atoms with van der Waals surface area (Å²) in [7, 11) is 0. The number of benzene rings is 1. The van der Waals surface area contributed by atoms with Crippen molar-refractivity contribution in [3.05, 3.63) is 35.9 Å². The summed E-state index contributed by atoms with van der Waals surface area (Å²) >= 11 is 1.54. The van der Waals surface area contributed by atoms with Crippen molar-refractivity contribution in [3.8, 4) is 0 Å². The van der Waals surface area contributed by atoms with E-state index in [2.05, 4.69) is 0 Å². The third kappa shape index (κ3) is 5.53.